The Labute approximate surface area is 193 Å². The fourth-order valence-electron chi connectivity index (χ4n) is 4.06. The Hall–Kier alpha value is -2.99. The number of aromatic nitrogens is 1. The first-order chi connectivity index (χ1) is 15.3. The number of aryl methyl sites for hydroxylation is 1. The molecule has 0 N–H and O–H groups in total. The lowest BCUT2D eigenvalue weighted by molar-refractivity contribution is -0.145. The highest BCUT2D eigenvalue weighted by Gasteiger charge is 2.36. The van der Waals surface area contributed by atoms with Crippen molar-refractivity contribution in [3.05, 3.63) is 59.1 Å². The molecule has 1 saturated heterocycles. The first kappa shape index (κ1) is 22.2. The summed E-state index contributed by atoms with van der Waals surface area (Å²) in [5.74, 6) is 2.26. The van der Waals surface area contributed by atoms with E-state index >= 15 is 0 Å². The molecular weight excluding hydrogens is 426 g/mol. The van der Waals surface area contributed by atoms with Crippen LogP contribution < -0.4 is 14.4 Å². The minimum absolute atomic E-state index is 0.0311. The summed E-state index contributed by atoms with van der Waals surface area (Å²) < 4.78 is 11.5. The molecule has 7 heteroatoms. The topological polar surface area (TPSA) is 54.9 Å². The van der Waals surface area contributed by atoms with E-state index in [2.05, 4.69) is 24.0 Å². The average Bonchev–Trinajstić information content (AvgIpc) is 2.79. The van der Waals surface area contributed by atoms with Crippen molar-refractivity contribution in [2.75, 3.05) is 38.2 Å². The number of carbonyl (C=O) groups is 1. The number of nitrogens with zero attached hydrogens (tertiary/aromatic N) is 3. The zero-order chi connectivity index (χ0) is 22.9. The van der Waals surface area contributed by atoms with E-state index in [4.69, 9.17) is 26.1 Å². The minimum atomic E-state index is -0.971. The lowest BCUT2D eigenvalue weighted by Gasteiger charge is -2.39. The Morgan fingerprint density at radius 3 is 2.41 bits per heavy atom. The van der Waals surface area contributed by atoms with Gasteiger partial charge in [0, 0.05) is 36.6 Å². The van der Waals surface area contributed by atoms with Crippen LogP contribution in [0.4, 0.5) is 5.82 Å². The van der Waals surface area contributed by atoms with Gasteiger partial charge < -0.3 is 19.3 Å². The van der Waals surface area contributed by atoms with Crippen molar-refractivity contribution >= 4 is 34.2 Å². The van der Waals surface area contributed by atoms with Crippen molar-refractivity contribution in [1.29, 1.82) is 0 Å². The molecule has 4 rings (SSSR count). The first-order valence-corrected chi connectivity index (χ1v) is 11.1. The Morgan fingerprint density at radius 1 is 1.06 bits per heavy atom. The molecule has 3 aromatic rings. The van der Waals surface area contributed by atoms with Gasteiger partial charge in [-0.15, -0.1) is 0 Å². The lowest BCUT2D eigenvalue weighted by Crippen LogP contribution is -2.56. The second-order valence-electron chi connectivity index (χ2n) is 8.50. The number of hydrogen-bond donors (Lipinski definition) is 0. The van der Waals surface area contributed by atoms with E-state index in [0.717, 1.165) is 28.0 Å². The van der Waals surface area contributed by atoms with Crippen molar-refractivity contribution in [2.24, 2.45) is 0 Å². The van der Waals surface area contributed by atoms with Gasteiger partial charge in [0.25, 0.3) is 5.91 Å². The molecule has 0 spiro atoms. The maximum Gasteiger partial charge on any atom is 0.266 e. The molecule has 0 saturated carbocycles. The van der Waals surface area contributed by atoms with Gasteiger partial charge in [-0.25, -0.2) is 4.98 Å². The summed E-state index contributed by atoms with van der Waals surface area (Å²) in [5.41, 5.74) is 1.04. The third-order valence-electron chi connectivity index (χ3n) is 5.81. The molecule has 1 amide bonds. The number of anilines is 1. The van der Waals surface area contributed by atoms with E-state index in [1.165, 1.54) is 0 Å². The molecule has 2 heterocycles. The van der Waals surface area contributed by atoms with Crippen molar-refractivity contribution < 1.29 is 14.3 Å². The van der Waals surface area contributed by atoms with Crippen LogP contribution in [0.2, 0.25) is 5.02 Å². The molecule has 0 radical (unpaired) electrons. The van der Waals surface area contributed by atoms with Gasteiger partial charge in [0.1, 0.15) is 22.8 Å². The van der Waals surface area contributed by atoms with Gasteiger partial charge in [-0.3, -0.25) is 4.79 Å². The van der Waals surface area contributed by atoms with Gasteiger partial charge in [-0.1, -0.05) is 23.7 Å². The van der Waals surface area contributed by atoms with Crippen LogP contribution >= 0.6 is 11.6 Å². The largest absolute Gasteiger partial charge is 0.494 e. The second-order valence-corrected chi connectivity index (χ2v) is 8.94. The van der Waals surface area contributed by atoms with E-state index < -0.39 is 5.60 Å². The monoisotopic (exact) mass is 453 g/mol. The fourth-order valence-corrected chi connectivity index (χ4v) is 4.19. The van der Waals surface area contributed by atoms with E-state index in [-0.39, 0.29) is 5.91 Å². The number of amides is 1. The van der Waals surface area contributed by atoms with Gasteiger partial charge in [0.05, 0.1) is 7.11 Å². The molecule has 0 aliphatic carbocycles. The number of hydrogen-bond acceptors (Lipinski definition) is 5. The van der Waals surface area contributed by atoms with E-state index in [9.17, 15) is 4.79 Å². The highest BCUT2D eigenvalue weighted by atomic mass is 35.5. The molecule has 0 atom stereocenters. The van der Waals surface area contributed by atoms with E-state index in [0.29, 0.717) is 37.0 Å². The summed E-state index contributed by atoms with van der Waals surface area (Å²) in [6, 6.07) is 15.1. The minimum Gasteiger partial charge on any atom is -0.494 e. The van der Waals surface area contributed by atoms with Crippen molar-refractivity contribution in [3.63, 3.8) is 0 Å². The van der Waals surface area contributed by atoms with E-state index in [1.54, 1.807) is 45.2 Å². The molecule has 168 valence electrons. The second kappa shape index (κ2) is 8.87. The average molecular weight is 454 g/mol. The number of ether oxygens (including phenoxy) is 2. The molecule has 0 unspecified atom stereocenters. The van der Waals surface area contributed by atoms with Gasteiger partial charge in [-0.05, 0) is 62.7 Å². The van der Waals surface area contributed by atoms with Gasteiger partial charge >= 0.3 is 0 Å². The maximum atomic E-state index is 13.2. The summed E-state index contributed by atoms with van der Waals surface area (Å²) in [5, 5.41) is 1.72. The molecule has 0 bridgehead atoms. The number of piperazine rings is 1. The zero-order valence-corrected chi connectivity index (χ0v) is 19.6. The first-order valence-electron chi connectivity index (χ1n) is 10.7. The predicted molar refractivity (Wildman–Crippen MR) is 128 cm³/mol. The van der Waals surface area contributed by atoms with Gasteiger partial charge in [0.15, 0.2) is 5.60 Å². The van der Waals surface area contributed by atoms with E-state index in [1.807, 2.05) is 17.0 Å². The maximum absolute atomic E-state index is 13.2. The number of para-hydroxylation sites is 1. The Kier molecular flexibility index (Phi) is 6.15. The number of benzene rings is 2. The highest BCUT2D eigenvalue weighted by Crippen LogP contribution is 2.30. The molecule has 2 aromatic carbocycles. The molecule has 1 fully saturated rings. The molecule has 32 heavy (non-hydrogen) atoms. The highest BCUT2D eigenvalue weighted by molar-refractivity contribution is 6.30. The standard InChI is InChI=1S/C25H28ClN3O3/c1-17-16-22(27-23-20(17)6-5-7-21(23)31-4)28-12-14-29(15-13-28)24(30)25(2,3)32-19-10-8-18(26)9-11-19/h5-11,16H,12-15H2,1-4H3. The van der Waals surface area contributed by atoms with Crippen LogP contribution in [0.3, 0.4) is 0 Å². The van der Waals surface area contributed by atoms with Crippen LogP contribution in [0.15, 0.2) is 48.5 Å². The zero-order valence-electron chi connectivity index (χ0n) is 18.9. The molecular formula is C25H28ClN3O3. The van der Waals surface area contributed by atoms with Crippen LogP contribution in [-0.4, -0.2) is 54.7 Å². The van der Waals surface area contributed by atoms with Gasteiger partial charge in [-0.2, -0.15) is 0 Å². The third kappa shape index (κ3) is 4.46. The molecule has 1 aromatic heterocycles. The molecule has 1 aliphatic rings. The number of methoxy groups -OCH3 is 1. The Bertz CT molecular complexity index is 1120. The number of rotatable bonds is 5. The summed E-state index contributed by atoms with van der Waals surface area (Å²) in [4.78, 5) is 22.1. The molecule has 1 aliphatic heterocycles. The van der Waals surface area contributed by atoms with Crippen LogP contribution in [0.25, 0.3) is 10.9 Å². The van der Waals surface area contributed by atoms with Crippen LogP contribution in [-0.2, 0) is 4.79 Å². The summed E-state index contributed by atoms with van der Waals surface area (Å²) in [6.45, 7) is 8.32. The van der Waals surface area contributed by atoms with Gasteiger partial charge in [0.2, 0.25) is 0 Å². The Morgan fingerprint density at radius 2 is 1.75 bits per heavy atom. The van der Waals surface area contributed by atoms with Crippen molar-refractivity contribution in [3.8, 4) is 11.5 Å². The smallest absolute Gasteiger partial charge is 0.266 e. The van der Waals surface area contributed by atoms with Crippen molar-refractivity contribution in [1.82, 2.24) is 9.88 Å². The number of carbonyl (C=O) groups excluding carboxylic acids is 1. The quantitative estimate of drug-likeness (QED) is 0.560. The lowest BCUT2D eigenvalue weighted by atomic mass is 10.1. The number of fused-ring (bicyclic) bond motifs is 1. The normalized spacial score (nSPS) is 14.5. The number of halogens is 1. The van der Waals surface area contributed by atoms with Crippen LogP contribution in [0.1, 0.15) is 19.4 Å². The van der Waals surface area contributed by atoms with Crippen LogP contribution in [0, 0.1) is 6.92 Å². The fraction of sp³-hybridized carbons (Fsp3) is 0.360. The molecule has 6 nitrogen and oxygen atoms in total. The predicted octanol–water partition coefficient (Wildman–Crippen LogP) is 4.71. The summed E-state index contributed by atoms with van der Waals surface area (Å²) >= 11 is 5.94. The SMILES string of the molecule is COc1cccc2c(C)cc(N3CCN(C(=O)C(C)(C)Oc4ccc(Cl)cc4)CC3)nc12. The Balaban J connectivity index is 1.45. The number of pyridine rings is 1. The third-order valence-corrected chi connectivity index (χ3v) is 6.06. The summed E-state index contributed by atoms with van der Waals surface area (Å²) in [7, 11) is 1.66. The summed E-state index contributed by atoms with van der Waals surface area (Å²) in [6.07, 6.45) is 0. The van der Waals surface area contributed by atoms with Crippen molar-refractivity contribution in [2.45, 2.75) is 26.4 Å². The van der Waals surface area contributed by atoms with Crippen LogP contribution in [0.5, 0.6) is 11.5 Å².